The molecule has 2 aromatic rings. The number of benzene rings is 2. The van der Waals surface area contributed by atoms with E-state index in [1.54, 1.807) is 0 Å². The highest BCUT2D eigenvalue weighted by Gasteiger charge is 2.42. The van der Waals surface area contributed by atoms with E-state index in [9.17, 15) is 9.59 Å². The summed E-state index contributed by atoms with van der Waals surface area (Å²) < 4.78 is 11.7. The number of para-hydroxylation sites is 1. The molecular formula is C29H32ClNO4. The molecule has 0 bridgehead atoms. The van der Waals surface area contributed by atoms with Crippen LogP contribution in [-0.2, 0) is 14.3 Å². The van der Waals surface area contributed by atoms with Crippen molar-refractivity contribution >= 4 is 23.4 Å². The molecule has 0 saturated carbocycles. The lowest BCUT2D eigenvalue weighted by Crippen LogP contribution is -2.36. The molecule has 184 valence electrons. The van der Waals surface area contributed by atoms with Gasteiger partial charge in [-0.15, -0.1) is 0 Å². The summed E-state index contributed by atoms with van der Waals surface area (Å²) in [6, 6.07) is 15.3. The van der Waals surface area contributed by atoms with Crippen LogP contribution >= 0.6 is 11.6 Å². The third-order valence-electron chi connectivity index (χ3n) is 6.32. The van der Waals surface area contributed by atoms with Crippen LogP contribution in [0.5, 0.6) is 5.75 Å². The number of nitrogens with one attached hydrogen (secondary N) is 1. The third kappa shape index (κ3) is 5.30. The van der Waals surface area contributed by atoms with E-state index in [0.29, 0.717) is 40.5 Å². The zero-order valence-corrected chi connectivity index (χ0v) is 21.6. The van der Waals surface area contributed by atoms with Crippen molar-refractivity contribution in [3.8, 4) is 5.75 Å². The van der Waals surface area contributed by atoms with Gasteiger partial charge in [0.25, 0.3) is 0 Å². The number of halogens is 1. The van der Waals surface area contributed by atoms with Crippen molar-refractivity contribution in [2.24, 2.45) is 0 Å². The summed E-state index contributed by atoms with van der Waals surface area (Å²) in [7, 11) is 0. The Morgan fingerprint density at radius 3 is 2.34 bits per heavy atom. The van der Waals surface area contributed by atoms with Crippen LogP contribution in [0.2, 0.25) is 5.02 Å². The number of dihydropyridines is 1. The van der Waals surface area contributed by atoms with Crippen LogP contribution in [0.1, 0.15) is 70.4 Å². The zero-order chi connectivity index (χ0) is 25.3. The fourth-order valence-corrected chi connectivity index (χ4v) is 5.08. The molecular weight excluding hydrogens is 462 g/mol. The third-order valence-corrected chi connectivity index (χ3v) is 6.58. The molecule has 0 radical (unpaired) electrons. The van der Waals surface area contributed by atoms with Crippen LogP contribution in [0, 0.1) is 0 Å². The largest absolute Gasteiger partial charge is 0.491 e. The van der Waals surface area contributed by atoms with Crippen molar-refractivity contribution in [1.29, 1.82) is 0 Å². The minimum absolute atomic E-state index is 0.0189. The summed E-state index contributed by atoms with van der Waals surface area (Å²) in [4.78, 5) is 27.1. The summed E-state index contributed by atoms with van der Waals surface area (Å²) >= 11 is 6.08. The average Bonchev–Trinajstić information content (AvgIpc) is 2.78. The maximum Gasteiger partial charge on any atom is 0.337 e. The van der Waals surface area contributed by atoms with Gasteiger partial charge in [-0.1, -0.05) is 41.9 Å². The predicted molar refractivity (Wildman–Crippen MR) is 137 cm³/mol. The second-order valence-corrected chi connectivity index (χ2v) is 10.2. The minimum Gasteiger partial charge on any atom is -0.491 e. The Bertz CT molecular complexity index is 1190. The number of hydrogen-bond donors (Lipinski definition) is 1. The van der Waals surface area contributed by atoms with Crippen LogP contribution < -0.4 is 10.1 Å². The van der Waals surface area contributed by atoms with E-state index in [1.165, 1.54) is 0 Å². The molecule has 2 unspecified atom stereocenters. The summed E-state index contributed by atoms with van der Waals surface area (Å²) in [5.74, 6) is -0.271. The summed E-state index contributed by atoms with van der Waals surface area (Å²) in [6.07, 6.45) is 0.685. The van der Waals surface area contributed by atoms with Gasteiger partial charge in [-0.2, -0.15) is 0 Å². The van der Waals surface area contributed by atoms with E-state index in [2.05, 4.69) is 5.32 Å². The maximum absolute atomic E-state index is 13.8. The number of esters is 1. The molecule has 2 atom stereocenters. The lowest BCUT2D eigenvalue weighted by Gasteiger charge is -2.37. The van der Waals surface area contributed by atoms with Gasteiger partial charge in [0.2, 0.25) is 0 Å². The molecule has 1 aliphatic heterocycles. The van der Waals surface area contributed by atoms with E-state index >= 15 is 0 Å². The van der Waals surface area contributed by atoms with Gasteiger partial charge in [0.15, 0.2) is 5.78 Å². The van der Waals surface area contributed by atoms with Gasteiger partial charge in [0, 0.05) is 34.0 Å². The van der Waals surface area contributed by atoms with Crippen molar-refractivity contribution in [3.05, 3.63) is 87.2 Å². The Hall–Kier alpha value is -3.05. The Kier molecular flexibility index (Phi) is 7.36. The lowest BCUT2D eigenvalue weighted by molar-refractivity contribution is -0.143. The number of hydrogen-bond acceptors (Lipinski definition) is 5. The van der Waals surface area contributed by atoms with Crippen LogP contribution in [0.4, 0.5) is 0 Å². The lowest BCUT2D eigenvalue weighted by atomic mass is 9.71. The first-order valence-electron chi connectivity index (χ1n) is 12.1. The van der Waals surface area contributed by atoms with Crippen LogP contribution in [-0.4, -0.2) is 24.0 Å². The molecule has 1 N–H and O–H groups in total. The second kappa shape index (κ2) is 10.3. The molecule has 0 aromatic heterocycles. The number of ketones is 1. The van der Waals surface area contributed by atoms with Crippen molar-refractivity contribution in [2.75, 3.05) is 0 Å². The van der Waals surface area contributed by atoms with E-state index in [0.717, 1.165) is 16.8 Å². The van der Waals surface area contributed by atoms with Gasteiger partial charge in [-0.25, -0.2) is 4.79 Å². The van der Waals surface area contributed by atoms with Gasteiger partial charge >= 0.3 is 5.97 Å². The van der Waals surface area contributed by atoms with E-state index in [1.807, 2.05) is 83.1 Å². The first-order chi connectivity index (χ1) is 16.7. The molecule has 2 aromatic carbocycles. The Morgan fingerprint density at radius 2 is 1.69 bits per heavy atom. The number of allylic oxidation sites excluding steroid dienone is 3. The molecule has 1 aliphatic carbocycles. The molecule has 0 amide bonds. The van der Waals surface area contributed by atoms with E-state index < -0.39 is 11.9 Å². The molecule has 0 spiro atoms. The van der Waals surface area contributed by atoms with Gasteiger partial charge in [-0.3, -0.25) is 4.79 Å². The Balaban J connectivity index is 1.83. The highest BCUT2D eigenvalue weighted by molar-refractivity contribution is 6.30. The fraction of sp³-hybridized carbons (Fsp3) is 0.379. The van der Waals surface area contributed by atoms with Crippen molar-refractivity contribution in [1.82, 2.24) is 5.32 Å². The van der Waals surface area contributed by atoms with E-state index in [-0.39, 0.29) is 23.9 Å². The zero-order valence-electron chi connectivity index (χ0n) is 20.9. The Labute approximate surface area is 212 Å². The van der Waals surface area contributed by atoms with Gasteiger partial charge < -0.3 is 14.8 Å². The normalized spacial score (nSPS) is 20.2. The highest BCUT2D eigenvalue weighted by Crippen LogP contribution is 2.48. The summed E-state index contributed by atoms with van der Waals surface area (Å²) in [5.41, 5.74) is 4.49. The molecule has 5 nitrogen and oxygen atoms in total. The second-order valence-electron chi connectivity index (χ2n) is 9.73. The van der Waals surface area contributed by atoms with Crippen LogP contribution in [0.25, 0.3) is 0 Å². The molecule has 4 rings (SSSR count). The number of ether oxygens (including phenoxy) is 2. The number of Topliss-reactive ketones (excluding diaryl/α,β-unsaturated/α-hetero) is 1. The van der Waals surface area contributed by atoms with Gasteiger partial charge in [0.1, 0.15) is 5.75 Å². The van der Waals surface area contributed by atoms with Crippen LogP contribution in [0.15, 0.2) is 71.1 Å². The molecule has 35 heavy (non-hydrogen) atoms. The summed E-state index contributed by atoms with van der Waals surface area (Å²) in [6.45, 7) is 9.43. The predicted octanol–water partition coefficient (Wildman–Crippen LogP) is 6.44. The quantitative estimate of drug-likeness (QED) is 0.469. The van der Waals surface area contributed by atoms with Crippen molar-refractivity contribution in [2.45, 2.75) is 71.5 Å². The fourth-order valence-electron chi connectivity index (χ4n) is 4.95. The number of carbonyl (C=O) groups is 2. The average molecular weight is 494 g/mol. The van der Waals surface area contributed by atoms with E-state index in [4.69, 9.17) is 21.1 Å². The SMILES string of the molecule is CC1=C(C(=O)OC(C)C)C(c2ccccc2OC(C)C)C2=C(CC(c3ccc(Cl)cc3)CC2=O)N1. The maximum atomic E-state index is 13.8. The van der Waals surface area contributed by atoms with Crippen LogP contribution in [0.3, 0.4) is 0 Å². The molecule has 0 saturated heterocycles. The Morgan fingerprint density at radius 1 is 1.00 bits per heavy atom. The molecule has 1 heterocycles. The van der Waals surface area contributed by atoms with Gasteiger partial charge in [-0.05, 0) is 70.7 Å². The molecule has 0 fully saturated rings. The summed E-state index contributed by atoms with van der Waals surface area (Å²) in [5, 5.41) is 4.06. The van der Waals surface area contributed by atoms with Gasteiger partial charge in [0.05, 0.1) is 23.7 Å². The van der Waals surface area contributed by atoms with Crippen molar-refractivity contribution < 1.29 is 19.1 Å². The number of rotatable bonds is 6. The smallest absolute Gasteiger partial charge is 0.337 e. The molecule has 6 heteroatoms. The monoisotopic (exact) mass is 493 g/mol. The standard InChI is InChI=1S/C29H32ClNO4/c1-16(2)34-25-9-7-6-8-22(25)27-26(29(33)35-17(3)4)18(5)31-23-14-20(15-24(32)28(23)27)19-10-12-21(30)13-11-19/h6-13,16-17,20,27,31H,14-15H2,1-5H3. The minimum atomic E-state index is -0.564. The van der Waals surface area contributed by atoms with Crippen molar-refractivity contribution in [3.63, 3.8) is 0 Å². The highest BCUT2D eigenvalue weighted by atomic mass is 35.5. The molecule has 2 aliphatic rings. The first kappa shape index (κ1) is 25.1. The topological polar surface area (TPSA) is 64.6 Å². The first-order valence-corrected chi connectivity index (χ1v) is 12.5. The number of carbonyl (C=O) groups excluding carboxylic acids is 2.